The van der Waals surface area contributed by atoms with Gasteiger partial charge in [-0.25, -0.2) is 9.78 Å². The number of rotatable bonds is 6. The Balaban J connectivity index is 1.97. The van der Waals surface area contributed by atoms with Gasteiger partial charge in [0.05, 0.1) is 23.6 Å². The number of hydrogen-bond donors (Lipinski definition) is 1. The Hall–Kier alpha value is -2.61. The molecule has 30 heavy (non-hydrogen) atoms. The summed E-state index contributed by atoms with van der Waals surface area (Å²) >= 11 is 12.0. The summed E-state index contributed by atoms with van der Waals surface area (Å²) in [5.74, 6) is 0.451. The number of aromatic nitrogens is 2. The molecular formula is C21H22Cl2N4O3. The maximum atomic E-state index is 13.0. The van der Waals surface area contributed by atoms with Crippen LogP contribution in [-0.4, -0.2) is 40.7 Å². The number of halogens is 2. The third-order valence-corrected chi connectivity index (χ3v) is 5.26. The number of nitrogens with one attached hydrogen (secondary N) is 1. The van der Waals surface area contributed by atoms with Gasteiger partial charge in [-0.05, 0) is 43.3 Å². The van der Waals surface area contributed by atoms with Crippen LogP contribution in [0.3, 0.4) is 0 Å². The number of ether oxygens (including phenoxy) is 1. The Kier molecular flexibility index (Phi) is 6.97. The van der Waals surface area contributed by atoms with Crippen LogP contribution in [0.2, 0.25) is 10.0 Å². The van der Waals surface area contributed by atoms with Crippen LogP contribution < -0.4 is 10.9 Å². The highest BCUT2D eigenvalue weighted by atomic mass is 35.5. The molecule has 1 aromatic heterocycles. The molecule has 2 amide bonds. The van der Waals surface area contributed by atoms with E-state index in [1.54, 1.807) is 61.5 Å². The first-order valence-corrected chi connectivity index (χ1v) is 10.1. The van der Waals surface area contributed by atoms with Crippen LogP contribution in [0.25, 0.3) is 10.9 Å². The average Bonchev–Trinajstić information content (AvgIpc) is 2.71. The Morgan fingerprint density at radius 3 is 2.67 bits per heavy atom. The van der Waals surface area contributed by atoms with Gasteiger partial charge < -0.3 is 15.0 Å². The second kappa shape index (κ2) is 9.47. The average molecular weight is 449 g/mol. The number of fused-ring (bicyclic) bond motifs is 1. The van der Waals surface area contributed by atoms with E-state index in [0.29, 0.717) is 45.6 Å². The maximum Gasteiger partial charge on any atom is 0.322 e. The van der Waals surface area contributed by atoms with Crippen LogP contribution in [0.4, 0.5) is 10.5 Å². The number of benzene rings is 2. The van der Waals surface area contributed by atoms with Crippen LogP contribution in [0.1, 0.15) is 18.8 Å². The molecule has 0 aliphatic carbocycles. The van der Waals surface area contributed by atoms with E-state index in [2.05, 4.69) is 10.3 Å². The van der Waals surface area contributed by atoms with Gasteiger partial charge >= 0.3 is 6.03 Å². The van der Waals surface area contributed by atoms with Gasteiger partial charge in [-0.15, -0.1) is 0 Å². The fourth-order valence-corrected chi connectivity index (χ4v) is 3.56. The zero-order valence-corrected chi connectivity index (χ0v) is 18.4. The summed E-state index contributed by atoms with van der Waals surface area (Å²) in [6, 6.07) is 11.0. The minimum Gasteiger partial charge on any atom is -0.383 e. The lowest BCUT2D eigenvalue weighted by atomic mass is 10.2. The molecule has 158 valence electrons. The molecule has 3 rings (SSSR count). The number of hydrogen-bond acceptors (Lipinski definition) is 4. The third-order valence-electron chi connectivity index (χ3n) is 4.79. The summed E-state index contributed by atoms with van der Waals surface area (Å²) in [7, 11) is 3.19. The largest absolute Gasteiger partial charge is 0.383 e. The minimum atomic E-state index is -0.503. The summed E-state index contributed by atoms with van der Waals surface area (Å²) in [4.78, 5) is 32.1. The van der Waals surface area contributed by atoms with Gasteiger partial charge in [0.15, 0.2) is 0 Å². The molecule has 1 N–H and O–H groups in total. The van der Waals surface area contributed by atoms with Crippen molar-refractivity contribution in [3.8, 4) is 0 Å². The highest BCUT2D eigenvalue weighted by molar-refractivity contribution is 6.31. The molecule has 0 saturated carbocycles. The summed E-state index contributed by atoms with van der Waals surface area (Å²) in [6.45, 7) is 2.44. The summed E-state index contributed by atoms with van der Waals surface area (Å²) in [5, 5.41) is 4.24. The molecule has 0 fully saturated rings. The fourth-order valence-electron chi connectivity index (χ4n) is 3.20. The zero-order valence-electron chi connectivity index (χ0n) is 16.9. The maximum absolute atomic E-state index is 13.0. The number of amides is 2. The first-order valence-electron chi connectivity index (χ1n) is 9.30. The van der Waals surface area contributed by atoms with Gasteiger partial charge in [-0.2, -0.15) is 0 Å². The highest BCUT2D eigenvalue weighted by Gasteiger charge is 2.25. The molecule has 0 saturated heterocycles. The van der Waals surface area contributed by atoms with Crippen molar-refractivity contribution < 1.29 is 9.53 Å². The molecule has 3 aromatic rings. The summed E-state index contributed by atoms with van der Waals surface area (Å²) in [5.41, 5.74) is 0.856. The van der Waals surface area contributed by atoms with Crippen molar-refractivity contribution in [2.45, 2.75) is 13.0 Å². The number of methoxy groups -OCH3 is 1. The Bertz CT molecular complexity index is 1130. The van der Waals surface area contributed by atoms with E-state index in [9.17, 15) is 9.59 Å². The third kappa shape index (κ3) is 4.75. The van der Waals surface area contributed by atoms with Gasteiger partial charge in [0.1, 0.15) is 5.82 Å². The smallest absolute Gasteiger partial charge is 0.322 e. The number of nitrogens with zero attached hydrogens (tertiary/aromatic N) is 3. The second-order valence-corrected chi connectivity index (χ2v) is 7.67. The van der Waals surface area contributed by atoms with E-state index >= 15 is 0 Å². The van der Waals surface area contributed by atoms with Gasteiger partial charge in [-0.1, -0.05) is 29.3 Å². The van der Waals surface area contributed by atoms with Crippen molar-refractivity contribution in [3.05, 3.63) is 68.7 Å². The van der Waals surface area contributed by atoms with E-state index in [4.69, 9.17) is 27.9 Å². The molecule has 9 heteroatoms. The lowest BCUT2D eigenvalue weighted by molar-refractivity contribution is 0.136. The Morgan fingerprint density at radius 2 is 1.97 bits per heavy atom. The van der Waals surface area contributed by atoms with Crippen molar-refractivity contribution in [1.29, 1.82) is 0 Å². The second-order valence-electron chi connectivity index (χ2n) is 6.80. The van der Waals surface area contributed by atoms with Crippen molar-refractivity contribution in [2.24, 2.45) is 7.05 Å². The van der Waals surface area contributed by atoms with E-state index in [1.165, 1.54) is 4.57 Å². The zero-order chi connectivity index (χ0) is 21.8. The van der Waals surface area contributed by atoms with Gasteiger partial charge in [0.25, 0.3) is 5.56 Å². The standard InChI is InChI=1S/C21H22Cl2N4O3/c1-13(19-25-18-8-7-15(23)12-17(18)20(28)26(19)2)27(9-10-30-3)21(29)24-16-6-4-5-14(22)11-16/h4-8,11-13H,9-10H2,1-3H3,(H,24,29). The van der Waals surface area contributed by atoms with E-state index in [-0.39, 0.29) is 11.6 Å². The van der Waals surface area contributed by atoms with Crippen LogP contribution in [0.15, 0.2) is 47.3 Å². The van der Waals surface area contributed by atoms with Gasteiger partial charge in [-0.3, -0.25) is 9.36 Å². The summed E-state index contributed by atoms with van der Waals surface area (Å²) < 4.78 is 6.61. The van der Waals surface area contributed by atoms with E-state index in [0.717, 1.165) is 0 Å². The summed E-state index contributed by atoms with van der Waals surface area (Å²) in [6.07, 6.45) is 0. The molecule has 7 nitrogen and oxygen atoms in total. The molecule has 0 bridgehead atoms. The molecule has 1 heterocycles. The predicted molar refractivity (Wildman–Crippen MR) is 119 cm³/mol. The molecule has 1 unspecified atom stereocenters. The fraction of sp³-hybridized carbons (Fsp3) is 0.286. The highest BCUT2D eigenvalue weighted by Crippen LogP contribution is 2.23. The van der Waals surface area contributed by atoms with Crippen LogP contribution in [0.5, 0.6) is 0 Å². The molecule has 0 aliphatic heterocycles. The molecule has 0 aliphatic rings. The molecular weight excluding hydrogens is 427 g/mol. The number of anilines is 1. The first-order chi connectivity index (χ1) is 14.3. The number of urea groups is 1. The van der Waals surface area contributed by atoms with Gasteiger partial charge in [0, 0.05) is 36.4 Å². The molecule has 1 atom stereocenters. The van der Waals surface area contributed by atoms with E-state index in [1.807, 2.05) is 6.92 Å². The first kappa shape index (κ1) is 22.1. The normalized spacial score (nSPS) is 12.0. The van der Waals surface area contributed by atoms with Crippen LogP contribution >= 0.6 is 23.2 Å². The van der Waals surface area contributed by atoms with Gasteiger partial charge in [0.2, 0.25) is 0 Å². The quantitative estimate of drug-likeness (QED) is 0.602. The lowest BCUT2D eigenvalue weighted by Crippen LogP contribution is -2.41. The molecule has 0 spiro atoms. The Morgan fingerprint density at radius 1 is 1.23 bits per heavy atom. The van der Waals surface area contributed by atoms with Crippen molar-refractivity contribution in [2.75, 3.05) is 25.6 Å². The number of carbonyl (C=O) groups is 1. The predicted octanol–water partition coefficient (Wildman–Crippen LogP) is 4.48. The van der Waals surface area contributed by atoms with Crippen LogP contribution in [-0.2, 0) is 11.8 Å². The number of carbonyl (C=O) groups excluding carboxylic acids is 1. The lowest BCUT2D eigenvalue weighted by Gasteiger charge is -2.30. The Labute approximate surface area is 184 Å². The van der Waals surface area contributed by atoms with Crippen molar-refractivity contribution >= 4 is 45.8 Å². The topological polar surface area (TPSA) is 76.5 Å². The monoisotopic (exact) mass is 448 g/mol. The molecule has 2 aromatic carbocycles. The van der Waals surface area contributed by atoms with Crippen molar-refractivity contribution in [3.63, 3.8) is 0 Å². The SMILES string of the molecule is COCCN(C(=O)Nc1cccc(Cl)c1)C(C)c1nc2ccc(Cl)cc2c(=O)n1C. The molecule has 0 radical (unpaired) electrons. The van der Waals surface area contributed by atoms with E-state index < -0.39 is 6.04 Å². The van der Waals surface area contributed by atoms with Crippen molar-refractivity contribution in [1.82, 2.24) is 14.5 Å². The van der Waals surface area contributed by atoms with Crippen LogP contribution in [0, 0.1) is 0 Å². The minimum absolute atomic E-state index is 0.230.